The van der Waals surface area contributed by atoms with Crippen LogP contribution in [-0.2, 0) is 84.6 Å². The van der Waals surface area contributed by atoms with E-state index in [4.69, 9.17) is 61.7 Å². The Kier molecular flexibility index (Phi) is 38.9. The van der Waals surface area contributed by atoms with Gasteiger partial charge in [0.15, 0.2) is 46.0 Å². The second kappa shape index (κ2) is 50.5. The summed E-state index contributed by atoms with van der Waals surface area (Å²) in [7, 11) is -15.9. The molecule has 4 fully saturated rings. The van der Waals surface area contributed by atoms with Crippen LogP contribution in [0.4, 0.5) is 27.1 Å². The van der Waals surface area contributed by atoms with Crippen LogP contribution in [0.5, 0.6) is 46.0 Å². The van der Waals surface area contributed by atoms with Crippen molar-refractivity contribution >= 4 is 142 Å². The van der Waals surface area contributed by atoms with E-state index in [1.165, 1.54) is 65.0 Å². The number of nitrogens with one attached hydrogen (secondary N) is 2. The first-order chi connectivity index (χ1) is 66.7. The van der Waals surface area contributed by atoms with E-state index in [-0.39, 0.29) is 144 Å². The van der Waals surface area contributed by atoms with Crippen molar-refractivity contribution < 1.29 is 120 Å². The molecule has 0 radical (unpaired) electrons. The van der Waals surface area contributed by atoms with Crippen LogP contribution in [0, 0.1) is 17.8 Å². The minimum atomic E-state index is -3.54. The van der Waals surface area contributed by atoms with E-state index in [9.17, 15) is 81.8 Å². The molecule has 0 aromatic heterocycles. The minimum absolute atomic E-state index is 0. The van der Waals surface area contributed by atoms with Gasteiger partial charge >= 0.3 is 0 Å². The van der Waals surface area contributed by atoms with Crippen molar-refractivity contribution in [2.45, 2.75) is 156 Å². The molecule has 8 N–H and O–H groups in total. The molecule has 3 saturated carbocycles. The van der Waals surface area contributed by atoms with Gasteiger partial charge in [0.25, 0.3) is 23.6 Å². The summed E-state index contributed by atoms with van der Waals surface area (Å²) in [6.07, 6.45) is 12.4. The third-order valence-corrected chi connectivity index (χ3v) is 26.4. The van der Waals surface area contributed by atoms with Gasteiger partial charge in [0.05, 0.1) is 134 Å². The summed E-state index contributed by atoms with van der Waals surface area (Å²) in [6, 6.07) is 36.8. The van der Waals surface area contributed by atoms with Gasteiger partial charge in [0, 0.05) is 93.5 Å². The predicted octanol–water partition coefficient (Wildman–Crippen LogP) is 16.0. The van der Waals surface area contributed by atoms with E-state index in [1.807, 2.05) is 19.1 Å². The summed E-state index contributed by atoms with van der Waals surface area (Å²) >= 11 is 7.55. The lowest BCUT2D eigenvalue weighted by Crippen LogP contribution is -2.34. The summed E-state index contributed by atoms with van der Waals surface area (Å²) < 4.78 is 173. The summed E-state index contributed by atoms with van der Waals surface area (Å²) in [4.78, 5) is 93.7. The van der Waals surface area contributed by atoms with E-state index in [0.717, 1.165) is 93.5 Å². The maximum Gasteiger partial charge on any atom is 0.257 e. The van der Waals surface area contributed by atoms with Crippen LogP contribution in [0.3, 0.4) is 0 Å². The Morgan fingerprint density at radius 3 is 0.993 bits per heavy atom. The fourth-order valence-corrected chi connectivity index (χ4v) is 19.7. The van der Waals surface area contributed by atoms with Crippen molar-refractivity contribution in [2.24, 2.45) is 17.8 Å². The Bertz CT molecular complexity index is 6350. The zero-order chi connectivity index (χ0) is 105. The molecule has 5 aliphatic heterocycles. The smallest absolute Gasteiger partial charge is 0.257 e. The molecule has 5 heterocycles. The van der Waals surface area contributed by atoms with Crippen molar-refractivity contribution in [1.29, 1.82) is 0 Å². The quantitative estimate of drug-likeness (QED) is 0.00587. The number of phenols is 2. The van der Waals surface area contributed by atoms with E-state index in [2.05, 4.69) is 52.1 Å². The maximum atomic E-state index is 13.6. The highest BCUT2D eigenvalue weighted by atomic mass is 127. The summed E-state index contributed by atoms with van der Waals surface area (Å²) in [5.41, 5.74) is 19.7. The lowest BCUT2D eigenvalue weighted by molar-refractivity contribution is -0.118. The number of alkyl halides is 1. The number of halogens is 3. The number of aromatic hydroxyl groups is 2. The molecule has 4 atom stereocenters. The Labute approximate surface area is 839 Å². The van der Waals surface area contributed by atoms with Gasteiger partial charge in [0.1, 0.15) is 44.9 Å². The molecule has 0 spiro atoms. The van der Waals surface area contributed by atoms with Crippen molar-refractivity contribution in [3.8, 4) is 46.0 Å². The second-order valence-electron chi connectivity index (χ2n) is 35.0. The molecule has 40 heteroatoms. The molecule has 0 bridgehead atoms. The van der Waals surface area contributed by atoms with E-state index < -0.39 is 89.2 Å². The molecule has 6 amide bonds. The normalized spacial score (nSPS) is 16.3. The Morgan fingerprint density at radius 2 is 0.741 bits per heavy atom. The van der Waals surface area contributed by atoms with Gasteiger partial charge < -0.3 is 85.1 Å². The van der Waals surface area contributed by atoms with Gasteiger partial charge in [-0.15, -0.1) is 21.8 Å². The van der Waals surface area contributed by atoms with Crippen LogP contribution < -0.4 is 50.5 Å². The van der Waals surface area contributed by atoms with Crippen molar-refractivity contribution in [3.05, 3.63) is 212 Å². The number of benzene rings is 8. The molecular weight excluding hydrogens is 2020 g/mol. The lowest BCUT2D eigenvalue weighted by atomic mass is 10.1. The van der Waals surface area contributed by atoms with Crippen LogP contribution in [0.1, 0.15) is 202 Å². The molecule has 1 saturated heterocycles. The maximum absolute atomic E-state index is 13.6. The fourth-order valence-electron chi connectivity index (χ4n) is 15.7. The van der Waals surface area contributed by atoms with Crippen molar-refractivity contribution in [1.82, 2.24) is 19.6 Å². The number of hydrogen-bond acceptors (Lipinski definition) is 26. The average Bonchev–Trinajstić information content (AvgIpc) is 1.61. The highest BCUT2D eigenvalue weighted by Gasteiger charge is 2.44. The second-order valence-corrected chi connectivity index (χ2v) is 58.0. The van der Waals surface area contributed by atoms with E-state index >= 15 is 0 Å². The Balaban J connectivity index is 0.000000219. The van der Waals surface area contributed by atoms with E-state index in [1.54, 1.807) is 129 Å². The number of phenolic OH excluding ortho intramolecular Hbond substituents is 2. The van der Waals surface area contributed by atoms with Crippen LogP contribution >= 0.6 is 33.4 Å². The molecule has 8 aromatic carbocycles. The van der Waals surface area contributed by atoms with Gasteiger partial charge in [0.2, 0.25) is 17.1 Å². The first kappa shape index (κ1) is 107. The predicted molar refractivity (Wildman–Crippen MR) is 548 cm³/mol. The number of fused-ring (bicyclic) bond motifs is 4. The zero-order valence-corrected chi connectivity index (χ0v) is 86.4. The molecule has 139 heavy (non-hydrogen) atoms. The first-order valence-electron chi connectivity index (χ1n) is 47.0. The number of ether oxygens (including phenoxy) is 7. The van der Waals surface area contributed by atoms with Gasteiger partial charge in [-0.3, -0.25) is 38.0 Å². The van der Waals surface area contributed by atoms with Crippen LogP contribution in [0.2, 0.25) is 19.6 Å². The largest absolute Gasteiger partial charge is 0.504 e. The topological polar surface area (TPSA) is 450 Å². The average molecular weight is 2160 g/mol. The first-order valence-corrected chi connectivity index (χ1v) is 60.0. The molecule has 16 rings (SSSR count). The van der Waals surface area contributed by atoms with Crippen LogP contribution in [-0.4, -0.2) is 219 Å². The number of anilines is 4. The highest BCUT2D eigenvalue weighted by molar-refractivity contribution is 14.1. The van der Waals surface area contributed by atoms with E-state index in [0.29, 0.717) is 111 Å². The van der Waals surface area contributed by atoms with Crippen molar-refractivity contribution in [2.75, 3.05) is 131 Å². The number of carbonyl (C=O) groups excluding carboxylic acids is 7. The number of nitrogens with two attached hydrogens (primary N) is 2. The number of hydrogen-bond donors (Lipinski definition) is 6. The number of sulfone groups is 4. The van der Waals surface area contributed by atoms with Gasteiger partial charge in [-0.25, -0.2) is 33.7 Å². The monoisotopic (exact) mass is 2160 g/mol. The highest BCUT2D eigenvalue weighted by Crippen LogP contribution is 2.46. The number of nitrogens with zero attached hydrogens (tertiary/aromatic N) is 4. The molecule has 32 nitrogen and oxygen atoms in total. The van der Waals surface area contributed by atoms with Gasteiger partial charge in [-0.1, -0.05) is 99.9 Å². The summed E-state index contributed by atoms with van der Waals surface area (Å²) in [5.74, 6) is -0.921. The number of rotatable bonds is 31. The van der Waals surface area contributed by atoms with Gasteiger partial charge in [-0.2, -0.15) is 0 Å². The number of methoxy groups -OCH3 is 2. The molecule has 8 aliphatic rings. The lowest BCUT2D eigenvalue weighted by Gasteiger charge is -2.28. The number of nitrogen functional groups attached to an aromatic ring is 2. The molecule has 0 unspecified atom stereocenters. The Morgan fingerprint density at radius 1 is 0.468 bits per heavy atom. The SMILES string of the molecule is C.C1CCOC1.CCOc1cc([C@@H](CS(C)(=O)=O)N2Cc3cccc(N)c3C2=O)ccc1O.CCOc1cc([C@@H](CS(C)(=O)=O)N2Cc3cccc(N)c3C2=O)ccc1OC.CCOc1cc([C@@H](CS(C)(=O)=O)N2Cc3cccc(NC(=O)C4CC4)c3C2=O)ccc1O.C[Si](C)(C)I.O=C(Cl)C1CC1.[2H]CF.[2H][13C]([2H])([2H])Oc1ccc([C@@H](CS(C)(=O)=O)N2Cc3cccc(NC(=O)C4CC4)c3C2=O)cc1OCC. The molecule has 8 aromatic rings. The number of carbonyl (C=O) groups is 7. The third kappa shape index (κ3) is 32.6. The molecular formula is C99H129ClFIN8O24S4Si. The third-order valence-electron chi connectivity index (χ3n) is 22.4. The van der Waals surface area contributed by atoms with Crippen LogP contribution in [0.15, 0.2) is 146 Å². The zero-order valence-electron chi connectivity index (χ0n) is 83.2. The number of amides is 6. The molecule has 3 aliphatic carbocycles. The van der Waals surface area contributed by atoms with Crippen molar-refractivity contribution in [3.63, 3.8) is 0 Å². The summed E-state index contributed by atoms with van der Waals surface area (Å²) in [6.45, 7) is 18.3. The molecule has 758 valence electrons. The summed E-state index contributed by atoms with van der Waals surface area (Å²) in [5, 5.41) is 25.5. The van der Waals surface area contributed by atoms with Gasteiger partial charge in [-0.05, 0) is 208 Å². The Hall–Kier alpha value is -10.8. The van der Waals surface area contributed by atoms with Crippen LogP contribution in [0.25, 0.3) is 0 Å². The fraction of sp³-hybridized carbons (Fsp3) is 0.444. The minimum Gasteiger partial charge on any atom is -0.504 e. The standard InChI is InChI=1S/C24H28N2O6S.C23H26N2O6S.C20H24N2O5S.C19H22N2O5S.C4H5ClO.C4H8O.C3H9ISi.CH3F.CH4/c1-4-32-21-12-16(10-11-20(21)31-2)19(14-33(3,29)30)26-13-17-6-5-7-18(22(17)24(26)28)25-23(27)15-8-9-15;1-3-31-20-11-15(9-10-19(20)26)18(13-32(2,29)30)25-12-16-5-4-6-17(21(16)23(25)28)24-22(27)14-7-8-14;1-4-27-18-10-13(8-9-17(18)26-2)16(12-28(3,24)25)22-11-14-6-5-7-15(21)19(14)20(22)23;1-3-26-17-9-12(7-8-16(17)22)15(11-27(2,24)25)21-10-13-5-4-6-14(20)18(13)19(21)23;5-4(6)3-1-2-3;1-2-4-5-3-1;1-5(2,3)4;1-2;/h5-7,10-12,15,19H,4,8-9,13-14H2,1-3H3,(H,25,27);4-6,9-11,14,18,26H,3,7-8,12-13H2,1-2H3,(H,24,27);5-10,16H,4,11-12,21H2,1-3H3;4-9,15,22H,3,10-11,20H2,1-2H3;3H,1-2H2;1-4H2;1-3H3;1H3;1H4/t19-;18-;16-;15-;;;;;/m1111...../s1/i2+1D3;;;;;;;1D;.